The van der Waals surface area contributed by atoms with Crippen LogP contribution in [0, 0.1) is 11.8 Å². The second kappa shape index (κ2) is 7.20. The molecule has 1 amide bonds. The fourth-order valence-corrected chi connectivity index (χ4v) is 3.39. The number of nitrogens with zero attached hydrogens (tertiary/aromatic N) is 2. The Morgan fingerprint density at radius 2 is 1.92 bits per heavy atom. The minimum absolute atomic E-state index is 0.0284. The third-order valence-corrected chi connectivity index (χ3v) is 4.64. The van der Waals surface area contributed by atoms with E-state index in [1.54, 1.807) is 6.26 Å². The van der Waals surface area contributed by atoms with Crippen LogP contribution >= 0.6 is 0 Å². The van der Waals surface area contributed by atoms with E-state index in [9.17, 15) is 9.90 Å². The van der Waals surface area contributed by atoms with Gasteiger partial charge in [-0.15, -0.1) is 0 Å². The minimum atomic E-state index is 0.0284. The maximum atomic E-state index is 12.7. The van der Waals surface area contributed by atoms with Crippen LogP contribution in [-0.4, -0.2) is 61.2 Å². The molecule has 24 heavy (non-hydrogen) atoms. The van der Waals surface area contributed by atoms with E-state index in [0.717, 1.165) is 17.9 Å². The molecule has 0 unspecified atom stereocenters. The molecule has 0 radical (unpaired) electrons. The molecule has 5 heteroatoms. The predicted molar refractivity (Wildman–Crippen MR) is 92.7 cm³/mol. The summed E-state index contributed by atoms with van der Waals surface area (Å²) in [6, 6.07) is 11.2. The normalized spacial score (nSPS) is 20.8. The van der Waals surface area contributed by atoms with Crippen LogP contribution in [0.2, 0.25) is 0 Å². The first-order chi connectivity index (χ1) is 11.6. The lowest BCUT2D eigenvalue weighted by atomic mass is 9.97. The number of aliphatic hydroxyl groups excluding tert-OH is 1. The van der Waals surface area contributed by atoms with Crippen molar-refractivity contribution in [3.63, 3.8) is 0 Å². The second-order valence-corrected chi connectivity index (χ2v) is 6.73. The number of likely N-dealkylation sites (tertiary alicyclic amines) is 1. The smallest absolute Gasteiger partial charge is 0.253 e. The number of benzene rings is 1. The highest BCUT2D eigenvalue weighted by molar-refractivity contribution is 5.94. The highest BCUT2D eigenvalue weighted by Gasteiger charge is 2.35. The summed E-state index contributed by atoms with van der Waals surface area (Å²) in [6.45, 7) is 2.32. The van der Waals surface area contributed by atoms with E-state index < -0.39 is 0 Å². The van der Waals surface area contributed by atoms with E-state index in [1.165, 1.54) is 0 Å². The van der Waals surface area contributed by atoms with Gasteiger partial charge in [-0.05, 0) is 44.3 Å². The quantitative estimate of drug-likeness (QED) is 0.914. The molecular formula is C19H24N2O3. The molecule has 3 rings (SSSR count). The van der Waals surface area contributed by atoms with Crippen LogP contribution in [0.15, 0.2) is 47.1 Å². The summed E-state index contributed by atoms with van der Waals surface area (Å²) in [5.41, 5.74) is 1.63. The van der Waals surface area contributed by atoms with Crippen molar-refractivity contribution in [2.45, 2.75) is 0 Å². The zero-order valence-corrected chi connectivity index (χ0v) is 14.2. The molecule has 0 aliphatic carbocycles. The first-order valence-corrected chi connectivity index (χ1v) is 8.27. The number of amides is 1. The van der Waals surface area contributed by atoms with E-state index in [4.69, 9.17) is 4.42 Å². The topological polar surface area (TPSA) is 56.9 Å². The van der Waals surface area contributed by atoms with Gasteiger partial charge in [-0.3, -0.25) is 4.79 Å². The standard InChI is InChI=1S/C19H24N2O3/c1-20(2)10-16-11-21(12-17(16)13-22)19(23)15-7-5-14(6-8-15)18-4-3-9-24-18/h3-9,16-17,22H,10-13H2,1-2H3/t16-,17-/m1/s1. The highest BCUT2D eigenvalue weighted by atomic mass is 16.3. The van der Waals surface area contributed by atoms with Crippen molar-refractivity contribution in [3.05, 3.63) is 48.2 Å². The Hall–Kier alpha value is -2.11. The molecule has 1 fully saturated rings. The van der Waals surface area contributed by atoms with Gasteiger partial charge in [-0.1, -0.05) is 12.1 Å². The van der Waals surface area contributed by atoms with Crippen LogP contribution in [0.4, 0.5) is 0 Å². The van der Waals surface area contributed by atoms with Gasteiger partial charge in [0.1, 0.15) is 5.76 Å². The molecule has 1 aliphatic rings. The van der Waals surface area contributed by atoms with Crippen LogP contribution < -0.4 is 0 Å². The van der Waals surface area contributed by atoms with Crippen molar-refractivity contribution in [3.8, 4) is 11.3 Å². The summed E-state index contributed by atoms with van der Waals surface area (Å²) in [5, 5.41) is 9.59. The zero-order valence-electron chi connectivity index (χ0n) is 14.2. The maximum Gasteiger partial charge on any atom is 0.253 e. The Morgan fingerprint density at radius 3 is 2.50 bits per heavy atom. The van der Waals surface area contributed by atoms with Gasteiger partial charge in [0.15, 0.2) is 0 Å². The number of aliphatic hydroxyl groups is 1. The molecule has 1 aromatic carbocycles. The van der Waals surface area contributed by atoms with Gasteiger partial charge in [0, 0.05) is 43.3 Å². The van der Waals surface area contributed by atoms with Crippen molar-refractivity contribution in [2.75, 3.05) is 40.3 Å². The monoisotopic (exact) mass is 328 g/mol. The van der Waals surface area contributed by atoms with Crippen LogP contribution in [0.3, 0.4) is 0 Å². The number of furan rings is 1. The lowest BCUT2D eigenvalue weighted by molar-refractivity contribution is 0.0779. The summed E-state index contributed by atoms with van der Waals surface area (Å²) in [7, 11) is 4.04. The fourth-order valence-electron chi connectivity index (χ4n) is 3.39. The SMILES string of the molecule is CN(C)C[C@@H]1CN(C(=O)c2ccc(-c3ccco3)cc2)C[C@@H]1CO. The Balaban J connectivity index is 1.70. The Morgan fingerprint density at radius 1 is 1.21 bits per heavy atom. The van der Waals surface area contributed by atoms with E-state index in [0.29, 0.717) is 24.6 Å². The van der Waals surface area contributed by atoms with E-state index in [-0.39, 0.29) is 18.4 Å². The number of carbonyl (C=O) groups is 1. The van der Waals surface area contributed by atoms with Gasteiger partial charge in [-0.2, -0.15) is 0 Å². The molecule has 0 bridgehead atoms. The summed E-state index contributed by atoms with van der Waals surface area (Å²) >= 11 is 0. The van der Waals surface area contributed by atoms with E-state index in [2.05, 4.69) is 4.90 Å². The highest BCUT2D eigenvalue weighted by Crippen LogP contribution is 2.26. The molecule has 0 saturated carbocycles. The second-order valence-electron chi connectivity index (χ2n) is 6.73. The number of rotatable bonds is 5. The summed E-state index contributed by atoms with van der Waals surface area (Å²) < 4.78 is 5.37. The van der Waals surface area contributed by atoms with Crippen molar-refractivity contribution in [1.82, 2.24) is 9.80 Å². The van der Waals surface area contributed by atoms with Gasteiger partial charge in [0.2, 0.25) is 0 Å². The molecule has 1 aromatic heterocycles. The average molecular weight is 328 g/mol. The summed E-state index contributed by atoms with van der Waals surface area (Å²) in [5.74, 6) is 1.29. The molecule has 1 saturated heterocycles. The van der Waals surface area contributed by atoms with Gasteiger partial charge in [0.25, 0.3) is 5.91 Å². The fraction of sp³-hybridized carbons (Fsp3) is 0.421. The molecule has 1 aliphatic heterocycles. The third-order valence-electron chi connectivity index (χ3n) is 4.64. The average Bonchev–Trinajstić information content (AvgIpc) is 3.23. The molecular weight excluding hydrogens is 304 g/mol. The van der Waals surface area contributed by atoms with E-state index >= 15 is 0 Å². The zero-order chi connectivity index (χ0) is 17.1. The van der Waals surface area contributed by atoms with Crippen molar-refractivity contribution >= 4 is 5.91 Å². The van der Waals surface area contributed by atoms with Gasteiger partial charge in [-0.25, -0.2) is 0 Å². The van der Waals surface area contributed by atoms with Gasteiger partial charge < -0.3 is 19.3 Å². The largest absolute Gasteiger partial charge is 0.464 e. The molecule has 5 nitrogen and oxygen atoms in total. The van der Waals surface area contributed by atoms with Gasteiger partial charge >= 0.3 is 0 Å². The van der Waals surface area contributed by atoms with Crippen LogP contribution in [0.1, 0.15) is 10.4 Å². The third kappa shape index (κ3) is 3.52. The molecule has 1 N–H and O–H groups in total. The Kier molecular flexibility index (Phi) is 5.02. The number of hydrogen-bond donors (Lipinski definition) is 1. The summed E-state index contributed by atoms with van der Waals surface area (Å²) in [6.07, 6.45) is 1.64. The molecule has 2 heterocycles. The van der Waals surface area contributed by atoms with Crippen molar-refractivity contribution < 1.29 is 14.3 Å². The Bertz CT molecular complexity index is 664. The lowest BCUT2D eigenvalue weighted by Crippen LogP contribution is -2.30. The minimum Gasteiger partial charge on any atom is -0.464 e. The predicted octanol–water partition coefficient (Wildman–Crippen LogP) is 2.19. The van der Waals surface area contributed by atoms with Crippen LogP contribution in [0.5, 0.6) is 0 Å². The first kappa shape index (κ1) is 16.7. The number of hydrogen-bond acceptors (Lipinski definition) is 4. The number of carbonyl (C=O) groups excluding carboxylic acids is 1. The summed E-state index contributed by atoms with van der Waals surface area (Å²) in [4.78, 5) is 16.7. The van der Waals surface area contributed by atoms with Crippen LogP contribution in [0.25, 0.3) is 11.3 Å². The molecule has 2 atom stereocenters. The van der Waals surface area contributed by atoms with Crippen molar-refractivity contribution in [1.29, 1.82) is 0 Å². The maximum absolute atomic E-state index is 12.7. The Labute approximate surface area is 142 Å². The van der Waals surface area contributed by atoms with Crippen LogP contribution in [-0.2, 0) is 0 Å². The lowest BCUT2D eigenvalue weighted by Gasteiger charge is -2.20. The first-order valence-electron chi connectivity index (χ1n) is 8.27. The van der Waals surface area contributed by atoms with E-state index in [1.807, 2.05) is 55.4 Å². The molecule has 2 aromatic rings. The van der Waals surface area contributed by atoms with Gasteiger partial charge in [0.05, 0.1) is 6.26 Å². The molecule has 128 valence electrons. The molecule has 0 spiro atoms. The van der Waals surface area contributed by atoms with Crippen molar-refractivity contribution in [2.24, 2.45) is 11.8 Å².